The molecule has 0 atom stereocenters. The van der Waals surface area contributed by atoms with E-state index in [4.69, 9.17) is 14.0 Å². The Morgan fingerprint density at radius 2 is 2.04 bits per heavy atom. The van der Waals surface area contributed by atoms with Crippen molar-refractivity contribution in [3.8, 4) is 29.0 Å². The SMILES string of the molecule is CCOc1cc([C@]2(F)C[C@@H](Oc3ccc(-c4cc([O-])no4)cn3)C2)ccn1.[Na+]. The van der Waals surface area contributed by atoms with Crippen LogP contribution in [0.5, 0.6) is 17.6 Å². The number of aromatic nitrogens is 3. The maximum Gasteiger partial charge on any atom is 1.00 e. The van der Waals surface area contributed by atoms with Crippen molar-refractivity contribution in [3.63, 3.8) is 0 Å². The van der Waals surface area contributed by atoms with Gasteiger partial charge >= 0.3 is 29.6 Å². The van der Waals surface area contributed by atoms with Crippen molar-refractivity contribution in [3.05, 3.63) is 48.3 Å². The van der Waals surface area contributed by atoms with E-state index in [-0.39, 0.29) is 48.5 Å². The van der Waals surface area contributed by atoms with Gasteiger partial charge in [-0.15, -0.1) is 0 Å². The van der Waals surface area contributed by atoms with Gasteiger partial charge in [0, 0.05) is 48.8 Å². The number of halogens is 1. The Kier molecular flexibility index (Phi) is 6.22. The van der Waals surface area contributed by atoms with Crippen LogP contribution in [0.3, 0.4) is 0 Å². The van der Waals surface area contributed by atoms with Gasteiger partial charge in [0.15, 0.2) is 5.76 Å². The molecule has 0 spiro atoms. The third kappa shape index (κ3) is 4.29. The molecule has 0 saturated heterocycles. The van der Waals surface area contributed by atoms with Crippen LogP contribution in [-0.2, 0) is 5.67 Å². The molecule has 1 saturated carbocycles. The van der Waals surface area contributed by atoms with Crippen molar-refractivity contribution < 1.29 is 53.1 Å². The van der Waals surface area contributed by atoms with Crippen LogP contribution in [0, 0.1) is 0 Å². The van der Waals surface area contributed by atoms with Crippen LogP contribution in [0.1, 0.15) is 25.3 Å². The summed E-state index contributed by atoms with van der Waals surface area (Å²) in [4.78, 5) is 8.24. The molecule has 0 unspecified atom stereocenters. The fourth-order valence-electron chi connectivity index (χ4n) is 3.06. The molecule has 28 heavy (non-hydrogen) atoms. The van der Waals surface area contributed by atoms with E-state index in [1.807, 2.05) is 6.92 Å². The van der Waals surface area contributed by atoms with Gasteiger partial charge in [0.25, 0.3) is 0 Å². The zero-order chi connectivity index (χ0) is 18.9. The normalized spacial score (nSPS) is 20.7. The van der Waals surface area contributed by atoms with E-state index < -0.39 is 11.5 Å². The summed E-state index contributed by atoms with van der Waals surface area (Å²) in [6.45, 7) is 2.33. The largest absolute Gasteiger partial charge is 1.00 e. The summed E-state index contributed by atoms with van der Waals surface area (Å²) in [6, 6.07) is 7.94. The first-order chi connectivity index (χ1) is 13.1. The van der Waals surface area contributed by atoms with Crippen molar-refractivity contribution in [2.45, 2.75) is 31.5 Å². The molecule has 1 fully saturated rings. The standard InChI is InChI=1S/C19H18FN3O4.Na/c1-2-25-18-7-13(5-6-21-18)19(20)9-14(10-19)26-17-4-3-12(11-22-17)15-8-16(24)23-27-15;/h3-8,11,14H,2,9-10H2,1H3,(H,23,24);/q;+1/p-1/t14-,19+;. The molecule has 0 aromatic carbocycles. The minimum Gasteiger partial charge on any atom is -0.856 e. The quantitative estimate of drug-likeness (QED) is 0.545. The number of hydrogen-bond acceptors (Lipinski definition) is 7. The molecule has 1 aliphatic rings. The first-order valence-corrected chi connectivity index (χ1v) is 8.61. The average Bonchev–Trinajstić information content (AvgIpc) is 3.08. The summed E-state index contributed by atoms with van der Waals surface area (Å²) in [5.74, 6) is 0.704. The van der Waals surface area contributed by atoms with E-state index in [0.29, 0.717) is 35.3 Å². The third-order valence-corrected chi connectivity index (χ3v) is 4.44. The first kappa shape index (κ1) is 20.6. The van der Waals surface area contributed by atoms with Gasteiger partial charge in [-0.1, -0.05) is 5.16 Å². The van der Waals surface area contributed by atoms with Gasteiger partial charge < -0.3 is 19.1 Å². The Labute approximate surface area is 183 Å². The molecule has 0 aliphatic heterocycles. The molecular formula is C19H17FN3NaO4. The maximum absolute atomic E-state index is 15.1. The monoisotopic (exact) mass is 393 g/mol. The molecule has 1 aliphatic carbocycles. The molecule has 0 N–H and O–H groups in total. The van der Waals surface area contributed by atoms with Gasteiger partial charge in [0.1, 0.15) is 11.8 Å². The topological polar surface area (TPSA) is 93.3 Å². The second-order valence-electron chi connectivity index (χ2n) is 6.34. The van der Waals surface area contributed by atoms with Crippen molar-refractivity contribution in [2.75, 3.05) is 6.61 Å². The molecule has 7 nitrogen and oxygen atoms in total. The van der Waals surface area contributed by atoms with Crippen LogP contribution in [0.25, 0.3) is 11.3 Å². The first-order valence-electron chi connectivity index (χ1n) is 8.61. The predicted octanol–water partition coefficient (Wildman–Crippen LogP) is 0.0141. The fourth-order valence-corrected chi connectivity index (χ4v) is 3.06. The van der Waals surface area contributed by atoms with Gasteiger partial charge in [0.2, 0.25) is 11.8 Å². The third-order valence-electron chi connectivity index (χ3n) is 4.44. The predicted molar refractivity (Wildman–Crippen MR) is 91.0 cm³/mol. The molecule has 0 amide bonds. The fraction of sp³-hybridized carbons (Fsp3) is 0.316. The van der Waals surface area contributed by atoms with Crippen LogP contribution in [0.4, 0.5) is 4.39 Å². The Bertz CT molecular complexity index is 929. The van der Waals surface area contributed by atoms with Gasteiger partial charge in [-0.25, -0.2) is 14.4 Å². The van der Waals surface area contributed by atoms with Crippen molar-refractivity contribution in [2.24, 2.45) is 0 Å². The van der Waals surface area contributed by atoms with E-state index in [1.165, 1.54) is 12.3 Å². The summed E-state index contributed by atoms with van der Waals surface area (Å²) in [5.41, 5.74) is -0.294. The van der Waals surface area contributed by atoms with Gasteiger partial charge in [0.05, 0.1) is 6.61 Å². The number of nitrogens with zero attached hydrogens (tertiary/aromatic N) is 3. The van der Waals surface area contributed by atoms with Gasteiger partial charge in [-0.05, 0) is 30.7 Å². The van der Waals surface area contributed by atoms with E-state index in [2.05, 4.69) is 15.1 Å². The molecular weight excluding hydrogens is 376 g/mol. The van der Waals surface area contributed by atoms with Gasteiger partial charge in [-0.3, -0.25) is 0 Å². The Morgan fingerprint density at radius 3 is 2.68 bits per heavy atom. The molecule has 3 heterocycles. The molecule has 0 radical (unpaired) electrons. The second kappa shape index (κ2) is 8.46. The minimum absolute atomic E-state index is 0. The Hall–Kier alpha value is -2.16. The Balaban J connectivity index is 0.00000225. The smallest absolute Gasteiger partial charge is 0.856 e. The zero-order valence-electron chi connectivity index (χ0n) is 15.6. The van der Waals surface area contributed by atoms with Crippen LogP contribution in [0.2, 0.25) is 0 Å². The van der Waals surface area contributed by atoms with Crippen LogP contribution in [-0.4, -0.2) is 27.8 Å². The number of ether oxygens (including phenoxy) is 2. The molecule has 3 aromatic heterocycles. The molecule has 3 aromatic rings. The molecule has 4 rings (SSSR count). The van der Waals surface area contributed by atoms with Crippen molar-refractivity contribution in [1.29, 1.82) is 0 Å². The minimum atomic E-state index is -1.45. The summed E-state index contributed by atoms with van der Waals surface area (Å²) < 4.78 is 31.0. The number of rotatable bonds is 6. The summed E-state index contributed by atoms with van der Waals surface area (Å²) in [6.07, 6.45) is 3.26. The van der Waals surface area contributed by atoms with Crippen LogP contribution < -0.4 is 44.1 Å². The van der Waals surface area contributed by atoms with E-state index in [9.17, 15) is 5.11 Å². The van der Waals surface area contributed by atoms with E-state index >= 15 is 4.39 Å². The zero-order valence-corrected chi connectivity index (χ0v) is 17.6. The van der Waals surface area contributed by atoms with Crippen LogP contribution in [0.15, 0.2) is 47.2 Å². The summed E-state index contributed by atoms with van der Waals surface area (Å²) >= 11 is 0. The molecule has 9 heteroatoms. The molecule has 0 bridgehead atoms. The van der Waals surface area contributed by atoms with Crippen LogP contribution >= 0.6 is 0 Å². The van der Waals surface area contributed by atoms with Crippen molar-refractivity contribution >= 4 is 0 Å². The van der Waals surface area contributed by atoms with E-state index in [0.717, 1.165) is 0 Å². The summed E-state index contributed by atoms with van der Waals surface area (Å²) in [7, 11) is 0. The average molecular weight is 393 g/mol. The summed E-state index contributed by atoms with van der Waals surface area (Å²) in [5, 5.41) is 14.4. The molecule has 140 valence electrons. The number of pyridine rings is 2. The number of hydrogen-bond donors (Lipinski definition) is 0. The Morgan fingerprint density at radius 1 is 1.21 bits per heavy atom. The number of alkyl halides is 1. The van der Waals surface area contributed by atoms with Crippen molar-refractivity contribution in [1.82, 2.24) is 15.1 Å². The van der Waals surface area contributed by atoms with E-state index in [1.54, 1.807) is 30.5 Å². The van der Waals surface area contributed by atoms with Gasteiger partial charge in [-0.2, -0.15) is 0 Å². The maximum atomic E-state index is 15.1. The second-order valence-corrected chi connectivity index (χ2v) is 6.34.